The fraction of sp³-hybridized carbons (Fsp3) is 1.00. The molecule has 0 aliphatic carbocycles. The predicted molar refractivity (Wildman–Crippen MR) is 58.1 cm³/mol. The maximum absolute atomic E-state index is 5.15. The summed E-state index contributed by atoms with van der Waals surface area (Å²) >= 11 is 0. The summed E-state index contributed by atoms with van der Waals surface area (Å²) in [6.07, 6.45) is 6.37. The number of rotatable bonds is 9. The zero-order valence-electron chi connectivity index (χ0n) is 9.44. The molecule has 0 aliphatic rings. The van der Waals surface area contributed by atoms with E-state index in [2.05, 4.69) is 19.2 Å². The van der Waals surface area contributed by atoms with Crippen LogP contribution in [-0.2, 0) is 4.74 Å². The quantitative estimate of drug-likeness (QED) is 0.560. The monoisotopic (exact) mass is 187 g/mol. The fourth-order valence-corrected chi connectivity index (χ4v) is 1.48. The fourth-order valence-electron chi connectivity index (χ4n) is 1.48. The molecule has 80 valence electrons. The first-order valence-corrected chi connectivity index (χ1v) is 5.57. The van der Waals surface area contributed by atoms with Gasteiger partial charge in [0.1, 0.15) is 0 Å². The Hall–Kier alpha value is -0.0800. The van der Waals surface area contributed by atoms with Gasteiger partial charge >= 0.3 is 0 Å². The Morgan fingerprint density at radius 2 is 1.92 bits per heavy atom. The molecule has 0 aliphatic heterocycles. The smallest absolute Gasteiger partial charge is 0.0615 e. The molecule has 1 unspecified atom stereocenters. The lowest BCUT2D eigenvalue weighted by atomic mass is 10.1. The second-order valence-corrected chi connectivity index (χ2v) is 3.60. The van der Waals surface area contributed by atoms with E-state index in [1.807, 2.05) is 0 Å². The number of methoxy groups -OCH3 is 1. The van der Waals surface area contributed by atoms with E-state index in [0.29, 0.717) is 6.04 Å². The van der Waals surface area contributed by atoms with Gasteiger partial charge in [-0.3, -0.25) is 0 Å². The molecule has 0 amide bonds. The average molecular weight is 187 g/mol. The van der Waals surface area contributed by atoms with Crippen molar-refractivity contribution in [3.8, 4) is 0 Å². The molecule has 1 N–H and O–H groups in total. The van der Waals surface area contributed by atoms with Gasteiger partial charge in [-0.2, -0.15) is 0 Å². The van der Waals surface area contributed by atoms with Gasteiger partial charge in [0.15, 0.2) is 0 Å². The zero-order chi connectivity index (χ0) is 9.94. The maximum atomic E-state index is 5.15. The molecule has 0 fully saturated rings. The van der Waals surface area contributed by atoms with E-state index in [1.54, 1.807) is 7.11 Å². The summed E-state index contributed by atoms with van der Waals surface area (Å²) in [5.41, 5.74) is 0. The molecule has 0 radical (unpaired) electrons. The predicted octanol–water partition coefficient (Wildman–Crippen LogP) is 2.58. The second-order valence-electron chi connectivity index (χ2n) is 3.60. The first-order valence-electron chi connectivity index (χ1n) is 5.57. The normalized spacial score (nSPS) is 13.2. The van der Waals surface area contributed by atoms with Crippen molar-refractivity contribution < 1.29 is 4.74 Å². The highest BCUT2D eigenvalue weighted by atomic mass is 16.5. The molecule has 2 nitrogen and oxygen atoms in total. The Labute approximate surface area is 83.1 Å². The highest BCUT2D eigenvalue weighted by molar-refractivity contribution is 4.64. The van der Waals surface area contributed by atoms with Gasteiger partial charge in [-0.1, -0.05) is 33.1 Å². The zero-order valence-corrected chi connectivity index (χ0v) is 9.44. The van der Waals surface area contributed by atoms with Gasteiger partial charge in [0.2, 0.25) is 0 Å². The van der Waals surface area contributed by atoms with Crippen LogP contribution in [0.1, 0.15) is 46.0 Å². The van der Waals surface area contributed by atoms with Crippen LogP contribution in [0.25, 0.3) is 0 Å². The maximum Gasteiger partial charge on any atom is 0.0615 e. The van der Waals surface area contributed by atoms with Gasteiger partial charge in [-0.15, -0.1) is 0 Å². The molecule has 0 aromatic rings. The molecule has 0 bridgehead atoms. The Bertz CT molecular complexity index is 90.1. The van der Waals surface area contributed by atoms with E-state index in [4.69, 9.17) is 4.74 Å². The largest absolute Gasteiger partial charge is 0.383 e. The van der Waals surface area contributed by atoms with Crippen LogP contribution in [0.15, 0.2) is 0 Å². The van der Waals surface area contributed by atoms with Crippen LogP contribution >= 0.6 is 0 Å². The molecule has 0 heterocycles. The third-order valence-corrected chi connectivity index (χ3v) is 2.22. The van der Waals surface area contributed by atoms with Gasteiger partial charge < -0.3 is 10.1 Å². The molecular formula is C11H25NO. The summed E-state index contributed by atoms with van der Waals surface area (Å²) < 4.78 is 5.15. The SMILES string of the molecule is CCCCCNC(CCC)COC. The minimum atomic E-state index is 0.562. The molecule has 13 heavy (non-hydrogen) atoms. The lowest BCUT2D eigenvalue weighted by Gasteiger charge is -2.16. The van der Waals surface area contributed by atoms with Gasteiger partial charge in [0.05, 0.1) is 6.61 Å². The average Bonchev–Trinajstić information content (AvgIpc) is 2.13. The van der Waals surface area contributed by atoms with E-state index in [-0.39, 0.29) is 0 Å². The van der Waals surface area contributed by atoms with Crippen LogP contribution in [0.2, 0.25) is 0 Å². The van der Waals surface area contributed by atoms with Crippen LogP contribution in [0.5, 0.6) is 0 Å². The van der Waals surface area contributed by atoms with Gasteiger partial charge in [0.25, 0.3) is 0 Å². The highest BCUT2D eigenvalue weighted by Gasteiger charge is 2.04. The molecule has 0 aromatic heterocycles. The minimum absolute atomic E-state index is 0.562. The summed E-state index contributed by atoms with van der Waals surface area (Å²) in [6.45, 7) is 6.44. The Kier molecular flexibility index (Phi) is 9.94. The van der Waals surface area contributed by atoms with Crippen molar-refractivity contribution in [2.24, 2.45) is 0 Å². The molecule has 0 aromatic carbocycles. The Morgan fingerprint density at radius 3 is 2.46 bits per heavy atom. The molecule has 0 saturated heterocycles. The molecule has 0 rings (SSSR count). The van der Waals surface area contributed by atoms with E-state index >= 15 is 0 Å². The molecule has 2 heteroatoms. The van der Waals surface area contributed by atoms with Crippen molar-refractivity contribution >= 4 is 0 Å². The summed E-state index contributed by atoms with van der Waals surface area (Å²) in [5, 5.41) is 3.53. The first kappa shape index (κ1) is 12.9. The van der Waals surface area contributed by atoms with Crippen molar-refractivity contribution in [1.29, 1.82) is 0 Å². The van der Waals surface area contributed by atoms with Crippen LogP contribution in [0.4, 0.5) is 0 Å². The molecular weight excluding hydrogens is 162 g/mol. The minimum Gasteiger partial charge on any atom is -0.383 e. The Balaban J connectivity index is 3.33. The van der Waals surface area contributed by atoms with E-state index in [0.717, 1.165) is 13.2 Å². The number of ether oxygens (including phenoxy) is 1. The third kappa shape index (κ3) is 8.26. The van der Waals surface area contributed by atoms with Crippen LogP contribution < -0.4 is 5.32 Å². The summed E-state index contributed by atoms with van der Waals surface area (Å²) in [5.74, 6) is 0. The van der Waals surface area contributed by atoms with Gasteiger partial charge in [-0.25, -0.2) is 0 Å². The molecule has 0 spiro atoms. The van der Waals surface area contributed by atoms with Crippen molar-refractivity contribution in [2.75, 3.05) is 20.3 Å². The number of hydrogen-bond donors (Lipinski definition) is 1. The van der Waals surface area contributed by atoms with Crippen molar-refractivity contribution in [2.45, 2.75) is 52.0 Å². The number of nitrogens with one attached hydrogen (secondary N) is 1. The lowest BCUT2D eigenvalue weighted by molar-refractivity contribution is 0.162. The van der Waals surface area contributed by atoms with Crippen molar-refractivity contribution in [1.82, 2.24) is 5.32 Å². The molecule has 0 saturated carbocycles. The van der Waals surface area contributed by atoms with Crippen LogP contribution in [-0.4, -0.2) is 26.3 Å². The second kappa shape index (κ2) is 10.0. The van der Waals surface area contributed by atoms with Gasteiger partial charge in [0, 0.05) is 13.2 Å². The van der Waals surface area contributed by atoms with E-state index in [9.17, 15) is 0 Å². The lowest BCUT2D eigenvalue weighted by Crippen LogP contribution is -2.33. The Morgan fingerprint density at radius 1 is 1.15 bits per heavy atom. The van der Waals surface area contributed by atoms with Crippen molar-refractivity contribution in [3.05, 3.63) is 0 Å². The van der Waals surface area contributed by atoms with Crippen molar-refractivity contribution in [3.63, 3.8) is 0 Å². The topological polar surface area (TPSA) is 21.3 Å². The summed E-state index contributed by atoms with van der Waals surface area (Å²) in [7, 11) is 1.77. The number of hydrogen-bond acceptors (Lipinski definition) is 2. The van der Waals surface area contributed by atoms with Crippen LogP contribution in [0, 0.1) is 0 Å². The van der Waals surface area contributed by atoms with E-state index in [1.165, 1.54) is 32.1 Å². The third-order valence-electron chi connectivity index (χ3n) is 2.22. The standard InChI is InChI=1S/C11H25NO/c1-4-6-7-9-12-11(8-5-2)10-13-3/h11-12H,4-10H2,1-3H3. The van der Waals surface area contributed by atoms with Crippen LogP contribution in [0.3, 0.4) is 0 Å². The van der Waals surface area contributed by atoms with E-state index < -0.39 is 0 Å². The highest BCUT2D eigenvalue weighted by Crippen LogP contribution is 1.98. The molecule has 1 atom stereocenters. The summed E-state index contributed by atoms with van der Waals surface area (Å²) in [6, 6.07) is 0.562. The summed E-state index contributed by atoms with van der Waals surface area (Å²) in [4.78, 5) is 0. The first-order chi connectivity index (χ1) is 6.35. The van der Waals surface area contributed by atoms with Gasteiger partial charge in [-0.05, 0) is 19.4 Å². The number of unbranched alkanes of at least 4 members (excludes halogenated alkanes) is 2.